The predicted molar refractivity (Wildman–Crippen MR) is 162 cm³/mol. The van der Waals surface area contributed by atoms with Crippen LogP contribution in [0.5, 0.6) is 11.5 Å². The lowest BCUT2D eigenvalue weighted by molar-refractivity contribution is -0.115. The van der Waals surface area contributed by atoms with Crippen molar-refractivity contribution >= 4 is 11.6 Å². The number of nitrogens with one attached hydrogen (secondary N) is 1. The molecule has 0 saturated carbocycles. The lowest BCUT2D eigenvalue weighted by atomic mass is 9.97. The molecule has 0 radical (unpaired) electrons. The second-order valence-corrected chi connectivity index (χ2v) is 10.7. The summed E-state index contributed by atoms with van der Waals surface area (Å²) in [5, 5.41) is 7.00. The van der Waals surface area contributed by atoms with Crippen molar-refractivity contribution in [3.8, 4) is 34.0 Å². The molecule has 1 aromatic heterocycles. The third-order valence-electron chi connectivity index (χ3n) is 7.02. The first-order valence-corrected chi connectivity index (χ1v) is 14.0. The van der Waals surface area contributed by atoms with Crippen LogP contribution >= 0.6 is 0 Å². The number of benzene rings is 3. The number of aromatic nitrogens is 2. The first kappa shape index (κ1) is 29.8. The van der Waals surface area contributed by atoms with E-state index in [4.69, 9.17) is 14.0 Å². The first-order valence-electron chi connectivity index (χ1n) is 14.0. The molecule has 3 aromatic carbocycles. The Morgan fingerprint density at radius 3 is 2.24 bits per heavy atom. The van der Waals surface area contributed by atoms with E-state index in [1.807, 2.05) is 48.5 Å². The number of anilines is 1. The molecule has 1 heterocycles. The zero-order chi connectivity index (χ0) is 29.5. The summed E-state index contributed by atoms with van der Waals surface area (Å²) in [5.41, 5.74) is 5.80. The number of carbonyl (C=O) groups is 1. The minimum absolute atomic E-state index is 0.101. The van der Waals surface area contributed by atoms with Crippen LogP contribution in [0.2, 0.25) is 0 Å². The van der Waals surface area contributed by atoms with Crippen LogP contribution in [-0.2, 0) is 11.2 Å². The monoisotopic (exact) mass is 556 g/mol. The number of hydrogen-bond donors (Lipinski definition) is 1. The van der Waals surface area contributed by atoms with Gasteiger partial charge in [0.05, 0.1) is 13.5 Å². The predicted octanol–water partition coefficient (Wildman–Crippen LogP) is 6.71. The maximum absolute atomic E-state index is 12.9. The van der Waals surface area contributed by atoms with E-state index in [1.54, 1.807) is 14.0 Å². The van der Waals surface area contributed by atoms with Gasteiger partial charge in [0.15, 0.2) is 11.5 Å². The molecule has 0 fully saturated rings. The Kier molecular flexibility index (Phi) is 9.78. The van der Waals surface area contributed by atoms with Crippen molar-refractivity contribution in [2.75, 3.05) is 25.6 Å². The lowest BCUT2D eigenvalue weighted by Crippen LogP contribution is -2.39. The minimum Gasteiger partial charge on any atom is -0.493 e. The fourth-order valence-corrected chi connectivity index (χ4v) is 4.98. The number of hydrogen-bond acceptors (Lipinski definition) is 7. The summed E-state index contributed by atoms with van der Waals surface area (Å²) in [6.45, 7) is 13.9. The van der Waals surface area contributed by atoms with Gasteiger partial charge in [0, 0.05) is 42.9 Å². The van der Waals surface area contributed by atoms with Gasteiger partial charge in [-0.1, -0.05) is 41.6 Å². The van der Waals surface area contributed by atoms with Crippen LogP contribution in [0.3, 0.4) is 0 Å². The third kappa shape index (κ3) is 7.73. The number of nitrogens with zero attached hydrogens (tertiary/aromatic N) is 3. The van der Waals surface area contributed by atoms with Gasteiger partial charge < -0.3 is 19.3 Å². The second-order valence-electron chi connectivity index (χ2n) is 10.7. The van der Waals surface area contributed by atoms with Gasteiger partial charge in [0.2, 0.25) is 17.6 Å². The summed E-state index contributed by atoms with van der Waals surface area (Å²) in [4.78, 5) is 19.6. The molecule has 8 heteroatoms. The van der Waals surface area contributed by atoms with E-state index in [-0.39, 0.29) is 12.3 Å². The molecule has 216 valence electrons. The maximum Gasteiger partial charge on any atom is 0.228 e. The van der Waals surface area contributed by atoms with Crippen LogP contribution in [0.1, 0.15) is 44.7 Å². The molecule has 1 amide bonds. The molecule has 0 atom stereocenters. The highest BCUT2D eigenvalue weighted by atomic mass is 16.5. The van der Waals surface area contributed by atoms with E-state index in [9.17, 15) is 4.79 Å². The fraction of sp³-hybridized carbons (Fsp3) is 0.364. The summed E-state index contributed by atoms with van der Waals surface area (Å²) in [5.74, 6) is 2.26. The van der Waals surface area contributed by atoms with Crippen molar-refractivity contribution in [2.45, 2.75) is 60.0 Å². The van der Waals surface area contributed by atoms with Crippen LogP contribution in [0.15, 0.2) is 65.2 Å². The molecular weight excluding hydrogens is 516 g/mol. The van der Waals surface area contributed by atoms with Crippen LogP contribution in [0.4, 0.5) is 5.69 Å². The Balaban J connectivity index is 1.37. The van der Waals surface area contributed by atoms with Gasteiger partial charge >= 0.3 is 0 Å². The third-order valence-corrected chi connectivity index (χ3v) is 7.02. The van der Waals surface area contributed by atoms with E-state index in [0.717, 1.165) is 34.4 Å². The van der Waals surface area contributed by atoms with Gasteiger partial charge in [-0.2, -0.15) is 4.98 Å². The van der Waals surface area contributed by atoms with E-state index in [0.29, 0.717) is 47.6 Å². The minimum atomic E-state index is -0.101. The van der Waals surface area contributed by atoms with E-state index >= 15 is 0 Å². The zero-order valence-electron chi connectivity index (χ0n) is 25.0. The van der Waals surface area contributed by atoms with Gasteiger partial charge in [-0.15, -0.1) is 0 Å². The molecule has 0 aliphatic carbocycles. The molecule has 4 rings (SSSR count). The highest BCUT2D eigenvalue weighted by Gasteiger charge is 2.15. The molecule has 0 saturated heterocycles. The average Bonchev–Trinajstić information content (AvgIpc) is 3.37. The normalized spacial score (nSPS) is 11.4. The van der Waals surface area contributed by atoms with Gasteiger partial charge in [-0.05, 0) is 75.1 Å². The number of methoxy groups -OCH3 is 1. The molecule has 0 spiro atoms. The fourth-order valence-electron chi connectivity index (χ4n) is 4.98. The number of rotatable bonds is 12. The smallest absolute Gasteiger partial charge is 0.228 e. The Morgan fingerprint density at radius 2 is 1.63 bits per heavy atom. The highest BCUT2D eigenvalue weighted by molar-refractivity contribution is 5.92. The molecule has 0 bridgehead atoms. The van der Waals surface area contributed by atoms with Crippen molar-refractivity contribution in [1.29, 1.82) is 0 Å². The summed E-state index contributed by atoms with van der Waals surface area (Å²) in [6, 6.07) is 20.5. The zero-order valence-corrected chi connectivity index (χ0v) is 25.0. The van der Waals surface area contributed by atoms with Gasteiger partial charge in [-0.3, -0.25) is 9.69 Å². The molecule has 1 N–H and O–H groups in total. The standard InChI is InChI=1S/C33H40N4O4/c1-21(2)37(22(3)4)16-17-40-31-20-28(13-15-30(31)39-7)35-32(38)19-25-8-10-26(11-9-25)29-14-12-27(18-23(29)5)33-34-24(6)41-36-33/h8-15,18,20-22H,16-17,19H2,1-7H3,(H,35,38). The molecule has 8 nitrogen and oxygen atoms in total. The van der Waals surface area contributed by atoms with E-state index in [2.05, 4.69) is 67.1 Å². The highest BCUT2D eigenvalue weighted by Crippen LogP contribution is 2.31. The summed E-state index contributed by atoms with van der Waals surface area (Å²) in [7, 11) is 1.61. The van der Waals surface area contributed by atoms with Crippen molar-refractivity contribution < 1.29 is 18.8 Å². The topological polar surface area (TPSA) is 89.7 Å². The Bertz CT molecular complexity index is 1450. The van der Waals surface area contributed by atoms with Crippen molar-refractivity contribution in [1.82, 2.24) is 15.0 Å². The summed E-state index contributed by atoms with van der Waals surface area (Å²) >= 11 is 0. The molecule has 0 unspecified atom stereocenters. The average molecular weight is 557 g/mol. The quantitative estimate of drug-likeness (QED) is 0.207. The van der Waals surface area contributed by atoms with Crippen LogP contribution < -0.4 is 14.8 Å². The van der Waals surface area contributed by atoms with Crippen molar-refractivity contribution in [3.63, 3.8) is 0 Å². The molecule has 0 aliphatic heterocycles. The molecule has 41 heavy (non-hydrogen) atoms. The van der Waals surface area contributed by atoms with Gasteiger partial charge in [0.1, 0.15) is 6.61 Å². The van der Waals surface area contributed by atoms with Crippen LogP contribution in [-0.4, -0.2) is 53.3 Å². The number of amides is 1. The summed E-state index contributed by atoms with van der Waals surface area (Å²) < 4.78 is 16.6. The van der Waals surface area contributed by atoms with Gasteiger partial charge in [-0.25, -0.2) is 0 Å². The molecular formula is C33H40N4O4. The first-order chi connectivity index (χ1) is 19.6. The number of aryl methyl sites for hydroxylation is 2. The molecule has 4 aromatic rings. The van der Waals surface area contributed by atoms with Crippen molar-refractivity contribution in [2.24, 2.45) is 0 Å². The SMILES string of the molecule is COc1ccc(NC(=O)Cc2ccc(-c3ccc(-c4noc(C)n4)cc3C)cc2)cc1OCCN(C(C)C)C(C)C. The Morgan fingerprint density at radius 1 is 0.927 bits per heavy atom. The van der Waals surface area contributed by atoms with Gasteiger partial charge in [0.25, 0.3) is 0 Å². The van der Waals surface area contributed by atoms with Crippen LogP contribution in [0.25, 0.3) is 22.5 Å². The maximum atomic E-state index is 12.9. The largest absolute Gasteiger partial charge is 0.493 e. The molecule has 0 aliphatic rings. The Labute approximate surface area is 242 Å². The number of ether oxygens (including phenoxy) is 2. The second kappa shape index (κ2) is 13.5. The van der Waals surface area contributed by atoms with Crippen LogP contribution in [0, 0.1) is 13.8 Å². The van der Waals surface area contributed by atoms with E-state index in [1.165, 1.54) is 0 Å². The number of carbonyl (C=O) groups excluding carboxylic acids is 1. The summed E-state index contributed by atoms with van der Waals surface area (Å²) in [6.07, 6.45) is 0.259. The lowest BCUT2D eigenvalue weighted by Gasteiger charge is -2.30. The Hall–Kier alpha value is -4.17. The van der Waals surface area contributed by atoms with E-state index < -0.39 is 0 Å². The van der Waals surface area contributed by atoms with Crippen molar-refractivity contribution in [3.05, 3.63) is 77.7 Å².